The quantitative estimate of drug-likeness (QED) is 0.745. The number of nitrogens with zero attached hydrogens (tertiary/aromatic N) is 1. The van der Waals surface area contributed by atoms with E-state index in [-0.39, 0.29) is 9.77 Å². The van der Waals surface area contributed by atoms with E-state index in [1.807, 2.05) is 0 Å². The van der Waals surface area contributed by atoms with Crippen LogP contribution in [0.3, 0.4) is 0 Å². The molecule has 6 nitrogen and oxygen atoms in total. The van der Waals surface area contributed by atoms with Gasteiger partial charge in [0.1, 0.15) is 0 Å². The van der Waals surface area contributed by atoms with E-state index < -0.39 is 10.0 Å². The Morgan fingerprint density at radius 2 is 2.04 bits per heavy atom. The summed E-state index contributed by atoms with van der Waals surface area (Å²) in [5.41, 5.74) is 0.745. The minimum Gasteiger partial charge on any atom is -0.378 e. The number of fused-ring (bicyclic) bond motifs is 1. The molecule has 0 atom stereocenters. The van der Waals surface area contributed by atoms with Crippen LogP contribution < -0.4 is 9.60 Å². The predicted molar refractivity (Wildman–Crippen MR) is 99.7 cm³/mol. The molecule has 1 saturated carbocycles. The largest absolute Gasteiger partial charge is 0.378 e. The van der Waals surface area contributed by atoms with Gasteiger partial charge in [-0.3, -0.25) is 4.79 Å². The van der Waals surface area contributed by atoms with Gasteiger partial charge in [0.15, 0.2) is 0 Å². The van der Waals surface area contributed by atoms with Gasteiger partial charge in [-0.05, 0) is 37.5 Å². The van der Waals surface area contributed by atoms with Crippen molar-refractivity contribution in [2.75, 3.05) is 13.2 Å². The van der Waals surface area contributed by atoms with Crippen LogP contribution in [0.2, 0.25) is 0 Å². The van der Waals surface area contributed by atoms with Crippen LogP contribution in [-0.2, 0) is 21.8 Å². The first-order valence-corrected chi connectivity index (χ1v) is 11.0. The molecule has 1 aromatic carbocycles. The summed E-state index contributed by atoms with van der Waals surface area (Å²) in [7, 11) is -1.89. The molecule has 0 spiro atoms. The summed E-state index contributed by atoms with van der Waals surface area (Å²) in [5, 5.41) is 0. The van der Waals surface area contributed by atoms with E-state index in [2.05, 4.69) is 4.72 Å². The Bertz CT molecular complexity index is 880. The molecule has 1 aliphatic carbocycles. The topological polar surface area (TPSA) is 77.4 Å². The van der Waals surface area contributed by atoms with E-state index in [0.717, 1.165) is 29.7 Å². The van der Waals surface area contributed by atoms with Crippen molar-refractivity contribution < 1.29 is 13.2 Å². The van der Waals surface area contributed by atoms with E-state index in [1.165, 1.54) is 29.9 Å². The number of aromatic nitrogens is 1. The van der Waals surface area contributed by atoms with E-state index in [9.17, 15) is 13.2 Å². The summed E-state index contributed by atoms with van der Waals surface area (Å²) >= 11 is 1.05. The van der Waals surface area contributed by atoms with Crippen molar-refractivity contribution in [3.05, 3.63) is 27.9 Å². The van der Waals surface area contributed by atoms with Crippen molar-refractivity contribution in [1.29, 1.82) is 0 Å². The molecule has 138 valence electrons. The van der Waals surface area contributed by atoms with Crippen molar-refractivity contribution in [2.24, 2.45) is 7.05 Å². The number of thiazole rings is 1. The molecule has 2 aromatic rings. The molecule has 1 aromatic heterocycles. The van der Waals surface area contributed by atoms with Gasteiger partial charge in [0.05, 0.1) is 21.2 Å². The Kier molecular flexibility index (Phi) is 5.93. The Morgan fingerprint density at radius 3 is 2.80 bits per heavy atom. The minimum atomic E-state index is -3.57. The van der Waals surface area contributed by atoms with E-state index in [0.29, 0.717) is 30.4 Å². The average molecular weight is 385 g/mol. The van der Waals surface area contributed by atoms with Gasteiger partial charge in [0.2, 0.25) is 10.0 Å². The van der Waals surface area contributed by atoms with Crippen molar-refractivity contribution in [1.82, 2.24) is 9.29 Å². The summed E-state index contributed by atoms with van der Waals surface area (Å²) in [4.78, 5) is 11.8. The van der Waals surface area contributed by atoms with E-state index in [1.54, 1.807) is 19.2 Å². The molecule has 1 aliphatic rings. The fourth-order valence-corrected chi connectivity index (χ4v) is 5.22. The molecule has 8 heteroatoms. The average Bonchev–Trinajstić information content (AvgIpc) is 2.89. The molecule has 1 N–H and O–H groups in total. The number of nitrogens with one attached hydrogen (secondary N) is 1. The molecule has 1 fully saturated rings. The van der Waals surface area contributed by atoms with Crippen molar-refractivity contribution in [2.45, 2.75) is 49.5 Å². The third kappa shape index (κ3) is 4.49. The smallest absolute Gasteiger partial charge is 0.307 e. The third-order valence-corrected chi connectivity index (χ3v) is 7.05. The van der Waals surface area contributed by atoms with Crippen LogP contribution in [-0.4, -0.2) is 32.2 Å². The van der Waals surface area contributed by atoms with Gasteiger partial charge in [0, 0.05) is 20.2 Å². The second-order valence-corrected chi connectivity index (χ2v) is 9.20. The number of aryl methyl sites for hydroxylation is 1. The molecule has 1 heterocycles. The van der Waals surface area contributed by atoms with Crippen molar-refractivity contribution in [3.8, 4) is 0 Å². The first-order valence-electron chi connectivity index (χ1n) is 8.68. The van der Waals surface area contributed by atoms with Gasteiger partial charge in [0.25, 0.3) is 0 Å². The summed E-state index contributed by atoms with van der Waals surface area (Å²) in [6.45, 7) is 0.921. The Labute approximate surface area is 151 Å². The zero-order valence-electron chi connectivity index (χ0n) is 14.4. The molecule has 25 heavy (non-hydrogen) atoms. The molecule has 3 rings (SSSR count). The van der Waals surface area contributed by atoms with Crippen LogP contribution >= 0.6 is 11.3 Å². The van der Waals surface area contributed by atoms with Crippen LogP contribution in [0, 0.1) is 0 Å². The molecule has 0 saturated heterocycles. The number of rotatable bonds is 7. The maximum atomic E-state index is 12.4. The lowest BCUT2D eigenvalue weighted by Crippen LogP contribution is -2.26. The van der Waals surface area contributed by atoms with Crippen LogP contribution in [0.4, 0.5) is 0 Å². The molecular formula is C17H24N2O4S2. The lowest BCUT2D eigenvalue weighted by atomic mass is 9.98. The number of benzene rings is 1. The Balaban J connectivity index is 1.53. The Hall–Kier alpha value is -1.22. The van der Waals surface area contributed by atoms with Gasteiger partial charge in [-0.15, -0.1) is 0 Å². The number of sulfonamides is 1. The molecule has 0 amide bonds. The van der Waals surface area contributed by atoms with Gasteiger partial charge in [-0.2, -0.15) is 0 Å². The fraction of sp³-hybridized carbons (Fsp3) is 0.588. The second-order valence-electron chi connectivity index (χ2n) is 6.44. The molecular weight excluding hydrogens is 360 g/mol. The lowest BCUT2D eigenvalue weighted by Gasteiger charge is -2.21. The second kappa shape index (κ2) is 7.99. The zero-order chi connectivity index (χ0) is 17.9. The molecule has 0 bridgehead atoms. The third-order valence-electron chi connectivity index (χ3n) is 4.59. The minimum absolute atomic E-state index is 0.0997. The number of ether oxygens (including phenoxy) is 1. The predicted octanol–water partition coefficient (Wildman–Crippen LogP) is 2.62. The Morgan fingerprint density at radius 1 is 1.28 bits per heavy atom. The molecule has 0 unspecified atom stereocenters. The molecule has 0 aliphatic heterocycles. The van der Waals surface area contributed by atoms with Gasteiger partial charge in [-0.1, -0.05) is 30.6 Å². The monoisotopic (exact) mass is 384 g/mol. The number of hydrogen-bond donors (Lipinski definition) is 1. The molecule has 0 radical (unpaired) electrons. The highest BCUT2D eigenvalue weighted by Gasteiger charge is 2.16. The highest BCUT2D eigenvalue weighted by atomic mass is 32.2. The normalized spacial score (nSPS) is 16.5. The lowest BCUT2D eigenvalue weighted by molar-refractivity contribution is 0.0278. The maximum Gasteiger partial charge on any atom is 0.307 e. The van der Waals surface area contributed by atoms with Crippen molar-refractivity contribution in [3.63, 3.8) is 0 Å². The standard InChI is InChI=1S/C17H24N2O4S2/c1-19-15-9-8-14(12-16(15)24-17(19)20)25(21,22)18-10-5-11-23-13-6-3-2-4-7-13/h8-9,12-13,18H,2-7,10-11H2,1H3. The highest BCUT2D eigenvalue weighted by molar-refractivity contribution is 7.89. The summed E-state index contributed by atoms with van der Waals surface area (Å²) in [6.07, 6.45) is 6.97. The number of hydrogen-bond acceptors (Lipinski definition) is 5. The van der Waals surface area contributed by atoms with E-state index in [4.69, 9.17) is 4.74 Å². The van der Waals surface area contributed by atoms with Gasteiger partial charge >= 0.3 is 4.87 Å². The van der Waals surface area contributed by atoms with Crippen LogP contribution in [0.5, 0.6) is 0 Å². The maximum absolute atomic E-state index is 12.4. The first-order chi connectivity index (χ1) is 12.0. The highest BCUT2D eigenvalue weighted by Crippen LogP contribution is 2.21. The summed E-state index contributed by atoms with van der Waals surface area (Å²) in [6, 6.07) is 4.77. The van der Waals surface area contributed by atoms with Crippen molar-refractivity contribution >= 4 is 31.6 Å². The first kappa shape index (κ1) is 18.6. The summed E-state index contributed by atoms with van der Waals surface area (Å²) in [5.74, 6) is 0. The van der Waals surface area contributed by atoms with Crippen LogP contribution in [0.1, 0.15) is 38.5 Å². The zero-order valence-corrected chi connectivity index (χ0v) is 16.0. The SMILES string of the molecule is Cn1c(=O)sc2cc(S(=O)(=O)NCCCOC3CCCCC3)ccc21. The van der Waals surface area contributed by atoms with Crippen LogP contribution in [0.15, 0.2) is 27.9 Å². The fourth-order valence-electron chi connectivity index (χ4n) is 3.13. The van der Waals surface area contributed by atoms with Gasteiger partial charge < -0.3 is 9.30 Å². The van der Waals surface area contributed by atoms with Gasteiger partial charge in [-0.25, -0.2) is 13.1 Å². The summed E-state index contributed by atoms with van der Waals surface area (Å²) < 4.78 is 35.4. The van der Waals surface area contributed by atoms with Crippen LogP contribution in [0.25, 0.3) is 10.2 Å². The van der Waals surface area contributed by atoms with E-state index >= 15 is 0 Å².